The van der Waals surface area contributed by atoms with E-state index in [2.05, 4.69) is 19.1 Å². The number of thiophene rings is 1. The normalized spacial score (nSPS) is 21.5. The van der Waals surface area contributed by atoms with E-state index >= 15 is 0 Å². The summed E-state index contributed by atoms with van der Waals surface area (Å²) in [6, 6.07) is 3.99. The van der Waals surface area contributed by atoms with Crippen molar-refractivity contribution in [2.75, 3.05) is 6.54 Å². The predicted molar refractivity (Wildman–Crippen MR) is 66.3 cm³/mol. The first kappa shape index (κ1) is 11.6. The van der Waals surface area contributed by atoms with Gasteiger partial charge < -0.3 is 10.6 Å². The molecule has 0 saturated carbocycles. The van der Waals surface area contributed by atoms with Gasteiger partial charge in [0.15, 0.2) is 0 Å². The van der Waals surface area contributed by atoms with Crippen LogP contribution in [-0.4, -0.2) is 23.4 Å². The summed E-state index contributed by atoms with van der Waals surface area (Å²) in [6.07, 6.45) is 2.93. The van der Waals surface area contributed by atoms with E-state index in [4.69, 9.17) is 5.73 Å². The molecule has 0 aliphatic carbocycles. The van der Waals surface area contributed by atoms with Gasteiger partial charge in [-0.25, -0.2) is 0 Å². The fourth-order valence-corrected chi connectivity index (χ4v) is 2.99. The minimum Gasteiger partial charge on any atom is -0.336 e. The molecule has 1 fully saturated rings. The molecule has 1 aliphatic heterocycles. The Morgan fingerprint density at radius 1 is 1.50 bits per heavy atom. The lowest BCUT2D eigenvalue weighted by molar-refractivity contribution is -0.135. The van der Waals surface area contributed by atoms with Gasteiger partial charge >= 0.3 is 0 Å². The highest BCUT2D eigenvalue weighted by molar-refractivity contribution is 7.11. The molecule has 1 atom stereocenters. The molecule has 1 aromatic rings. The molecule has 1 unspecified atom stereocenters. The topological polar surface area (TPSA) is 46.3 Å². The largest absolute Gasteiger partial charge is 0.336 e. The molecule has 1 aliphatic rings. The molecule has 0 bridgehead atoms. The average molecular weight is 238 g/mol. The number of nitrogens with zero attached hydrogens (tertiary/aromatic N) is 1. The van der Waals surface area contributed by atoms with E-state index in [1.807, 2.05) is 4.90 Å². The Morgan fingerprint density at radius 3 is 2.94 bits per heavy atom. The van der Waals surface area contributed by atoms with Crippen molar-refractivity contribution >= 4 is 17.2 Å². The van der Waals surface area contributed by atoms with Crippen molar-refractivity contribution in [3.63, 3.8) is 0 Å². The number of nitrogens with two attached hydrogens (primary N) is 1. The highest BCUT2D eigenvalue weighted by Crippen LogP contribution is 2.21. The van der Waals surface area contributed by atoms with E-state index < -0.39 is 0 Å². The standard InChI is InChI=1S/C12H18N2OS/c1-2-9-5-6-10(16-9)8-14-7-3-4-11(13)12(14)15/h5-6,11H,2-4,7-8,13H2,1H3. The predicted octanol–water partition coefficient (Wildman–Crippen LogP) is 1.76. The van der Waals surface area contributed by atoms with Gasteiger partial charge in [-0.1, -0.05) is 6.92 Å². The van der Waals surface area contributed by atoms with Crippen LogP contribution in [0.5, 0.6) is 0 Å². The van der Waals surface area contributed by atoms with Gasteiger partial charge in [0, 0.05) is 16.3 Å². The number of aryl methyl sites for hydroxylation is 1. The lowest BCUT2D eigenvalue weighted by Crippen LogP contribution is -2.47. The highest BCUT2D eigenvalue weighted by atomic mass is 32.1. The van der Waals surface area contributed by atoms with Gasteiger partial charge in [0.1, 0.15) is 0 Å². The van der Waals surface area contributed by atoms with Crippen molar-refractivity contribution in [2.45, 2.75) is 38.8 Å². The van der Waals surface area contributed by atoms with Crippen molar-refractivity contribution < 1.29 is 4.79 Å². The van der Waals surface area contributed by atoms with Crippen molar-refractivity contribution in [3.05, 3.63) is 21.9 Å². The molecule has 2 heterocycles. The minimum atomic E-state index is -0.278. The lowest BCUT2D eigenvalue weighted by atomic mass is 10.1. The number of likely N-dealkylation sites (tertiary alicyclic amines) is 1. The number of piperidine rings is 1. The van der Waals surface area contributed by atoms with E-state index in [0.717, 1.165) is 32.4 Å². The third-order valence-corrected chi connectivity index (χ3v) is 4.20. The summed E-state index contributed by atoms with van der Waals surface area (Å²) in [5, 5.41) is 0. The van der Waals surface area contributed by atoms with Gasteiger partial charge in [0.05, 0.1) is 12.6 Å². The molecule has 1 saturated heterocycles. The summed E-state index contributed by atoms with van der Waals surface area (Å²) in [4.78, 5) is 16.3. The van der Waals surface area contributed by atoms with Gasteiger partial charge in [0.25, 0.3) is 0 Å². The van der Waals surface area contributed by atoms with Gasteiger partial charge in [-0.2, -0.15) is 0 Å². The molecule has 0 spiro atoms. The Kier molecular flexibility index (Phi) is 3.61. The maximum absolute atomic E-state index is 11.8. The third kappa shape index (κ3) is 2.44. The first-order chi connectivity index (χ1) is 7.70. The van der Waals surface area contributed by atoms with Crippen molar-refractivity contribution in [2.24, 2.45) is 5.73 Å². The summed E-state index contributed by atoms with van der Waals surface area (Å²) < 4.78 is 0. The number of amides is 1. The fourth-order valence-electron chi connectivity index (χ4n) is 2.01. The van der Waals surface area contributed by atoms with Gasteiger partial charge in [-0.15, -0.1) is 11.3 Å². The Hall–Kier alpha value is -0.870. The molecular formula is C12H18N2OS. The zero-order chi connectivity index (χ0) is 11.5. The summed E-state index contributed by atoms with van der Waals surface area (Å²) in [5.41, 5.74) is 5.77. The second-order valence-electron chi connectivity index (χ2n) is 4.23. The minimum absolute atomic E-state index is 0.109. The van der Waals surface area contributed by atoms with E-state index in [9.17, 15) is 4.79 Å². The molecule has 4 heteroatoms. The average Bonchev–Trinajstić information content (AvgIpc) is 2.73. The smallest absolute Gasteiger partial charge is 0.239 e. The van der Waals surface area contributed by atoms with E-state index in [0.29, 0.717) is 0 Å². The third-order valence-electron chi connectivity index (χ3n) is 2.98. The Balaban J connectivity index is 2.00. The van der Waals surface area contributed by atoms with Crippen LogP contribution in [0.2, 0.25) is 0 Å². The number of hydrogen-bond acceptors (Lipinski definition) is 3. The first-order valence-corrected chi connectivity index (χ1v) is 6.64. The Morgan fingerprint density at radius 2 is 2.25 bits per heavy atom. The van der Waals surface area contributed by atoms with E-state index in [-0.39, 0.29) is 11.9 Å². The van der Waals surface area contributed by atoms with E-state index in [1.165, 1.54) is 9.75 Å². The fraction of sp³-hybridized carbons (Fsp3) is 0.583. The maximum Gasteiger partial charge on any atom is 0.239 e. The summed E-state index contributed by atoms with van der Waals surface area (Å²) in [5.74, 6) is 0.109. The molecule has 0 radical (unpaired) electrons. The van der Waals surface area contributed by atoms with Crippen LogP contribution in [0.25, 0.3) is 0 Å². The molecule has 0 aromatic carbocycles. The van der Waals surface area contributed by atoms with Gasteiger partial charge in [-0.05, 0) is 31.4 Å². The second kappa shape index (κ2) is 4.97. The van der Waals surface area contributed by atoms with Crippen LogP contribution in [-0.2, 0) is 17.8 Å². The molecule has 16 heavy (non-hydrogen) atoms. The SMILES string of the molecule is CCc1ccc(CN2CCCC(N)C2=O)s1. The molecular weight excluding hydrogens is 220 g/mol. The number of carbonyl (C=O) groups excluding carboxylic acids is 1. The van der Waals surface area contributed by atoms with Crippen LogP contribution >= 0.6 is 11.3 Å². The molecule has 2 rings (SSSR count). The van der Waals surface area contributed by atoms with Gasteiger partial charge in [-0.3, -0.25) is 4.79 Å². The monoisotopic (exact) mass is 238 g/mol. The van der Waals surface area contributed by atoms with Crippen LogP contribution in [0.15, 0.2) is 12.1 Å². The highest BCUT2D eigenvalue weighted by Gasteiger charge is 2.25. The summed E-state index contributed by atoms with van der Waals surface area (Å²) in [6.45, 7) is 3.74. The van der Waals surface area contributed by atoms with Crippen molar-refractivity contribution in [1.29, 1.82) is 0 Å². The van der Waals surface area contributed by atoms with Crippen LogP contribution in [0.3, 0.4) is 0 Å². The first-order valence-electron chi connectivity index (χ1n) is 5.82. The molecule has 2 N–H and O–H groups in total. The summed E-state index contributed by atoms with van der Waals surface area (Å²) in [7, 11) is 0. The zero-order valence-electron chi connectivity index (χ0n) is 9.61. The maximum atomic E-state index is 11.8. The van der Waals surface area contributed by atoms with Crippen LogP contribution < -0.4 is 5.73 Å². The lowest BCUT2D eigenvalue weighted by Gasteiger charge is -2.30. The van der Waals surface area contributed by atoms with Gasteiger partial charge in [0.2, 0.25) is 5.91 Å². The molecule has 1 aromatic heterocycles. The number of hydrogen-bond donors (Lipinski definition) is 1. The van der Waals surface area contributed by atoms with Crippen molar-refractivity contribution in [1.82, 2.24) is 4.90 Å². The number of rotatable bonds is 3. The Bertz CT molecular complexity index is 375. The summed E-state index contributed by atoms with van der Waals surface area (Å²) >= 11 is 1.80. The van der Waals surface area contributed by atoms with Crippen LogP contribution in [0.1, 0.15) is 29.5 Å². The van der Waals surface area contributed by atoms with Crippen molar-refractivity contribution in [3.8, 4) is 0 Å². The molecule has 1 amide bonds. The van der Waals surface area contributed by atoms with Crippen LogP contribution in [0, 0.1) is 0 Å². The quantitative estimate of drug-likeness (QED) is 0.872. The second-order valence-corrected chi connectivity index (χ2v) is 5.48. The van der Waals surface area contributed by atoms with E-state index in [1.54, 1.807) is 11.3 Å². The van der Waals surface area contributed by atoms with Crippen LogP contribution in [0.4, 0.5) is 0 Å². The zero-order valence-corrected chi connectivity index (χ0v) is 10.4. The molecule has 88 valence electrons. The number of carbonyl (C=O) groups is 1. The molecule has 3 nitrogen and oxygen atoms in total. The Labute approximate surface area is 100 Å².